The summed E-state index contributed by atoms with van der Waals surface area (Å²) in [5.74, 6) is 0.386. The number of carbonyl (C=O) groups is 1. The molecule has 0 amide bonds. The Balaban J connectivity index is 3.17. The first-order valence-electron chi connectivity index (χ1n) is 5.82. The number of benzene rings is 1. The van der Waals surface area contributed by atoms with E-state index in [2.05, 4.69) is 10.0 Å². The Kier molecular flexibility index (Phi) is 5.93. The van der Waals surface area contributed by atoms with Crippen molar-refractivity contribution in [2.24, 2.45) is 5.11 Å². The van der Waals surface area contributed by atoms with Crippen LogP contribution in [-0.2, 0) is 9.53 Å². The maximum absolute atomic E-state index is 11.6. The lowest BCUT2D eigenvalue weighted by Gasteiger charge is -2.08. The van der Waals surface area contributed by atoms with Crippen molar-refractivity contribution in [3.8, 4) is 11.5 Å². The molecule has 0 aliphatic carbocycles. The quantitative estimate of drug-likeness (QED) is 0.262. The van der Waals surface area contributed by atoms with E-state index in [4.69, 9.17) is 19.7 Å². The van der Waals surface area contributed by atoms with Gasteiger partial charge in [0.2, 0.25) is 0 Å². The van der Waals surface area contributed by atoms with Crippen LogP contribution in [0.3, 0.4) is 0 Å². The van der Waals surface area contributed by atoms with Gasteiger partial charge in [0.1, 0.15) is 5.70 Å². The van der Waals surface area contributed by atoms with Crippen molar-refractivity contribution in [3.05, 3.63) is 39.9 Å². The number of ether oxygens (including phenoxy) is 3. The first-order valence-corrected chi connectivity index (χ1v) is 5.82. The third-order valence-corrected chi connectivity index (χ3v) is 2.35. The van der Waals surface area contributed by atoms with Gasteiger partial charge in [0.05, 0.1) is 20.8 Å². The fourth-order valence-electron chi connectivity index (χ4n) is 1.48. The van der Waals surface area contributed by atoms with Crippen molar-refractivity contribution in [1.82, 2.24) is 0 Å². The molecule has 0 radical (unpaired) electrons. The highest BCUT2D eigenvalue weighted by molar-refractivity contribution is 5.93. The van der Waals surface area contributed by atoms with Crippen LogP contribution >= 0.6 is 0 Å². The lowest BCUT2D eigenvalue weighted by atomic mass is 10.1. The Morgan fingerprint density at radius 3 is 2.60 bits per heavy atom. The smallest absolute Gasteiger partial charge is 0.340 e. The largest absolute Gasteiger partial charge is 0.493 e. The summed E-state index contributed by atoms with van der Waals surface area (Å²) in [6.07, 6.45) is 1.42. The van der Waals surface area contributed by atoms with E-state index in [0.29, 0.717) is 17.1 Å². The van der Waals surface area contributed by atoms with Crippen molar-refractivity contribution in [3.63, 3.8) is 0 Å². The number of esters is 1. The first-order chi connectivity index (χ1) is 9.65. The van der Waals surface area contributed by atoms with Crippen LogP contribution < -0.4 is 9.47 Å². The zero-order chi connectivity index (χ0) is 15.0. The molecule has 0 saturated carbocycles. The molecule has 106 valence electrons. The maximum atomic E-state index is 11.6. The number of hydrogen-bond acceptors (Lipinski definition) is 5. The molecule has 0 heterocycles. The van der Waals surface area contributed by atoms with Crippen LogP contribution in [0.25, 0.3) is 16.5 Å². The fourth-order valence-corrected chi connectivity index (χ4v) is 1.48. The lowest BCUT2D eigenvalue weighted by molar-refractivity contribution is -0.138. The standard InChI is InChI=1S/C13H15N3O4/c1-4-20-13(17)10(15-16-14)7-9-5-6-11(18-2)12(8-9)19-3/h5-8H,4H2,1-3H3/b10-7-. The predicted octanol–water partition coefficient (Wildman–Crippen LogP) is 2.92. The number of azide groups is 1. The van der Waals surface area contributed by atoms with E-state index in [-0.39, 0.29) is 12.3 Å². The monoisotopic (exact) mass is 277 g/mol. The Labute approximate surface area is 116 Å². The summed E-state index contributed by atoms with van der Waals surface area (Å²) >= 11 is 0. The number of nitrogens with zero attached hydrogens (tertiary/aromatic N) is 3. The van der Waals surface area contributed by atoms with Crippen molar-refractivity contribution in [2.45, 2.75) is 6.92 Å². The molecular formula is C13H15N3O4. The van der Waals surface area contributed by atoms with Crippen molar-refractivity contribution in [1.29, 1.82) is 0 Å². The second-order valence-electron chi connectivity index (χ2n) is 3.55. The summed E-state index contributed by atoms with van der Waals surface area (Å²) < 4.78 is 15.1. The highest BCUT2D eigenvalue weighted by atomic mass is 16.5. The molecule has 0 N–H and O–H groups in total. The second-order valence-corrected chi connectivity index (χ2v) is 3.55. The van der Waals surface area contributed by atoms with Gasteiger partial charge in [0.15, 0.2) is 11.5 Å². The van der Waals surface area contributed by atoms with Crippen LogP contribution in [0.5, 0.6) is 11.5 Å². The maximum Gasteiger partial charge on any atom is 0.340 e. The number of carbonyl (C=O) groups excluding carboxylic acids is 1. The molecule has 0 aliphatic rings. The third kappa shape index (κ3) is 3.93. The van der Waals surface area contributed by atoms with E-state index in [1.807, 2.05) is 0 Å². The average molecular weight is 277 g/mol. The van der Waals surface area contributed by atoms with Gasteiger partial charge < -0.3 is 14.2 Å². The molecule has 0 unspecified atom stereocenters. The molecule has 0 spiro atoms. The molecular weight excluding hydrogens is 262 g/mol. The molecule has 7 heteroatoms. The predicted molar refractivity (Wildman–Crippen MR) is 73.3 cm³/mol. The molecule has 0 bridgehead atoms. The van der Waals surface area contributed by atoms with E-state index < -0.39 is 5.97 Å². The minimum atomic E-state index is -0.680. The first kappa shape index (κ1) is 15.4. The van der Waals surface area contributed by atoms with Gasteiger partial charge in [-0.05, 0) is 36.2 Å². The number of methoxy groups -OCH3 is 2. The van der Waals surface area contributed by atoms with Crippen LogP contribution in [0.4, 0.5) is 0 Å². The molecule has 0 saturated heterocycles. The zero-order valence-corrected chi connectivity index (χ0v) is 11.5. The molecule has 0 atom stereocenters. The minimum absolute atomic E-state index is 0.124. The molecule has 1 aromatic carbocycles. The molecule has 0 aliphatic heterocycles. The lowest BCUT2D eigenvalue weighted by Crippen LogP contribution is -2.05. The van der Waals surface area contributed by atoms with Gasteiger partial charge in [-0.25, -0.2) is 4.79 Å². The van der Waals surface area contributed by atoms with Gasteiger partial charge in [0, 0.05) is 4.91 Å². The molecule has 7 nitrogen and oxygen atoms in total. The van der Waals surface area contributed by atoms with Gasteiger partial charge in [-0.15, -0.1) is 0 Å². The average Bonchev–Trinajstić information content (AvgIpc) is 2.46. The third-order valence-electron chi connectivity index (χ3n) is 2.35. The van der Waals surface area contributed by atoms with Crippen molar-refractivity contribution >= 4 is 12.0 Å². The van der Waals surface area contributed by atoms with E-state index in [1.165, 1.54) is 20.3 Å². The van der Waals surface area contributed by atoms with E-state index in [9.17, 15) is 4.79 Å². The molecule has 0 fully saturated rings. The van der Waals surface area contributed by atoms with E-state index in [1.54, 1.807) is 25.1 Å². The summed E-state index contributed by atoms with van der Waals surface area (Å²) in [6.45, 7) is 1.87. The zero-order valence-electron chi connectivity index (χ0n) is 11.5. The topological polar surface area (TPSA) is 93.5 Å². The fraction of sp³-hybridized carbons (Fsp3) is 0.308. The summed E-state index contributed by atoms with van der Waals surface area (Å²) in [5.41, 5.74) is 8.98. The SMILES string of the molecule is CCOC(=O)/C(=C/c1ccc(OC)c(OC)c1)N=[N+]=[N-]. The number of rotatable bonds is 6. The summed E-state index contributed by atoms with van der Waals surface area (Å²) in [4.78, 5) is 14.2. The van der Waals surface area contributed by atoms with Crippen LogP contribution in [0.2, 0.25) is 0 Å². The van der Waals surface area contributed by atoms with E-state index >= 15 is 0 Å². The Bertz CT molecular complexity index is 563. The highest BCUT2D eigenvalue weighted by Gasteiger charge is 2.10. The Morgan fingerprint density at radius 1 is 1.35 bits per heavy atom. The summed E-state index contributed by atoms with van der Waals surface area (Å²) in [6, 6.07) is 5.04. The van der Waals surface area contributed by atoms with Crippen LogP contribution in [-0.4, -0.2) is 26.8 Å². The van der Waals surface area contributed by atoms with Gasteiger partial charge in [-0.1, -0.05) is 11.2 Å². The summed E-state index contributed by atoms with van der Waals surface area (Å²) in [5, 5.41) is 3.33. The normalized spacial score (nSPS) is 10.4. The molecule has 0 aromatic heterocycles. The second kappa shape index (κ2) is 7.70. The van der Waals surface area contributed by atoms with Crippen molar-refractivity contribution in [2.75, 3.05) is 20.8 Å². The number of hydrogen-bond donors (Lipinski definition) is 0. The molecule has 20 heavy (non-hydrogen) atoms. The van der Waals surface area contributed by atoms with Gasteiger partial charge in [-0.3, -0.25) is 0 Å². The Hall–Kier alpha value is -2.66. The molecule has 1 rings (SSSR count). The van der Waals surface area contributed by atoms with Gasteiger partial charge >= 0.3 is 5.97 Å². The minimum Gasteiger partial charge on any atom is -0.493 e. The molecule has 1 aromatic rings. The van der Waals surface area contributed by atoms with Gasteiger partial charge in [0.25, 0.3) is 0 Å². The Morgan fingerprint density at radius 2 is 2.05 bits per heavy atom. The highest BCUT2D eigenvalue weighted by Crippen LogP contribution is 2.28. The van der Waals surface area contributed by atoms with E-state index in [0.717, 1.165) is 0 Å². The van der Waals surface area contributed by atoms with Gasteiger partial charge in [-0.2, -0.15) is 0 Å². The summed E-state index contributed by atoms with van der Waals surface area (Å²) in [7, 11) is 3.03. The van der Waals surface area contributed by atoms with Crippen LogP contribution in [0, 0.1) is 0 Å². The van der Waals surface area contributed by atoms with Crippen molar-refractivity contribution < 1.29 is 19.0 Å². The van der Waals surface area contributed by atoms with Crippen LogP contribution in [0.1, 0.15) is 12.5 Å². The van der Waals surface area contributed by atoms with Crippen LogP contribution in [0.15, 0.2) is 29.0 Å².